The Morgan fingerprint density at radius 1 is 1.19 bits per heavy atom. The van der Waals surface area contributed by atoms with E-state index in [1.54, 1.807) is 11.1 Å². The van der Waals surface area contributed by atoms with Gasteiger partial charge in [0.05, 0.1) is 0 Å². The fourth-order valence-corrected chi connectivity index (χ4v) is 3.34. The minimum absolute atomic E-state index is 0.686. The highest BCUT2D eigenvalue weighted by molar-refractivity contribution is 9.09. The maximum atomic E-state index is 3.66. The maximum absolute atomic E-state index is 3.66. The minimum atomic E-state index is 0.686. The molecular weight excluding hydrogens is 260 g/mol. The Morgan fingerprint density at radius 3 is 2.62 bits per heavy atom. The molecule has 0 saturated heterocycles. The van der Waals surface area contributed by atoms with E-state index in [0.29, 0.717) is 5.92 Å². The van der Waals surface area contributed by atoms with Crippen molar-refractivity contribution < 1.29 is 0 Å². The first-order chi connectivity index (χ1) is 7.70. The van der Waals surface area contributed by atoms with Crippen molar-refractivity contribution in [3.63, 3.8) is 0 Å². The highest BCUT2D eigenvalue weighted by atomic mass is 79.9. The number of rotatable bonds is 4. The van der Waals surface area contributed by atoms with Gasteiger partial charge in [-0.15, -0.1) is 0 Å². The van der Waals surface area contributed by atoms with Crippen LogP contribution in [-0.4, -0.2) is 5.33 Å². The van der Waals surface area contributed by atoms with Crippen LogP contribution in [0.4, 0.5) is 0 Å². The molecule has 1 aromatic carbocycles. The zero-order chi connectivity index (χ0) is 11.5. The Kier molecular flexibility index (Phi) is 4.07. The molecule has 16 heavy (non-hydrogen) atoms. The SMILES string of the molecule is CC(C)CC(CBr)c1ccc2c(c1)CCC2. The molecule has 0 aliphatic heterocycles. The second-order valence-electron chi connectivity index (χ2n) is 5.36. The molecule has 1 atom stereocenters. The van der Waals surface area contributed by atoms with E-state index in [4.69, 9.17) is 0 Å². The number of aryl methyl sites for hydroxylation is 2. The van der Waals surface area contributed by atoms with Crippen LogP contribution in [0.2, 0.25) is 0 Å². The molecule has 0 nitrogen and oxygen atoms in total. The van der Waals surface area contributed by atoms with Crippen LogP contribution >= 0.6 is 15.9 Å². The van der Waals surface area contributed by atoms with E-state index < -0.39 is 0 Å². The predicted octanol–water partition coefficient (Wildman–Crippen LogP) is 4.70. The molecule has 0 amide bonds. The second kappa shape index (κ2) is 5.35. The van der Waals surface area contributed by atoms with Gasteiger partial charge in [0.2, 0.25) is 0 Å². The topological polar surface area (TPSA) is 0 Å². The van der Waals surface area contributed by atoms with Crippen molar-refractivity contribution in [1.29, 1.82) is 0 Å². The van der Waals surface area contributed by atoms with Gasteiger partial charge >= 0.3 is 0 Å². The number of halogens is 1. The van der Waals surface area contributed by atoms with E-state index in [0.717, 1.165) is 11.2 Å². The van der Waals surface area contributed by atoms with Crippen molar-refractivity contribution in [2.24, 2.45) is 5.92 Å². The standard InChI is InChI=1S/C15H21Br/c1-11(2)8-15(10-16)14-7-6-12-4-3-5-13(12)9-14/h6-7,9,11,15H,3-5,8,10H2,1-2H3. The lowest BCUT2D eigenvalue weighted by Gasteiger charge is -2.18. The Hall–Kier alpha value is -0.300. The van der Waals surface area contributed by atoms with Crippen LogP contribution in [-0.2, 0) is 12.8 Å². The molecule has 1 unspecified atom stereocenters. The van der Waals surface area contributed by atoms with Crippen molar-refractivity contribution in [3.8, 4) is 0 Å². The van der Waals surface area contributed by atoms with Gasteiger partial charge in [-0.3, -0.25) is 0 Å². The number of hydrogen-bond acceptors (Lipinski definition) is 0. The molecule has 2 rings (SSSR count). The summed E-state index contributed by atoms with van der Waals surface area (Å²) < 4.78 is 0. The second-order valence-corrected chi connectivity index (χ2v) is 6.01. The molecule has 0 saturated carbocycles. The molecule has 1 aromatic rings. The van der Waals surface area contributed by atoms with Gasteiger partial charge in [-0.2, -0.15) is 0 Å². The minimum Gasteiger partial charge on any atom is -0.0921 e. The maximum Gasteiger partial charge on any atom is 0.0100 e. The van der Waals surface area contributed by atoms with Gasteiger partial charge in [-0.05, 0) is 54.2 Å². The van der Waals surface area contributed by atoms with Crippen LogP contribution in [0.25, 0.3) is 0 Å². The average molecular weight is 281 g/mol. The lowest BCUT2D eigenvalue weighted by atomic mass is 9.90. The fourth-order valence-electron chi connectivity index (χ4n) is 2.70. The van der Waals surface area contributed by atoms with Crippen LogP contribution < -0.4 is 0 Å². The van der Waals surface area contributed by atoms with Crippen LogP contribution in [0.1, 0.15) is 49.3 Å². The van der Waals surface area contributed by atoms with Gasteiger partial charge in [0.15, 0.2) is 0 Å². The highest BCUT2D eigenvalue weighted by Crippen LogP contribution is 2.30. The Morgan fingerprint density at radius 2 is 1.94 bits per heavy atom. The zero-order valence-electron chi connectivity index (χ0n) is 10.3. The number of hydrogen-bond donors (Lipinski definition) is 0. The summed E-state index contributed by atoms with van der Waals surface area (Å²) in [5, 5.41) is 1.09. The summed E-state index contributed by atoms with van der Waals surface area (Å²) in [5.74, 6) is 1.46. The number of benzene rings is 1. The van der Waals surface area contributed by atoms with E-state index >= 15 is 0 Å². The lowest BCUT2D eigenvalue weighted by molar-refractivity contribution is 0.529. The summed E-state index contributed by atoms with van der Waals surface area (Å²) >= 11 is 3.66. The quantitative estimate of drug-likeness (QED) is 0.702. The van der Waals surface area contributed by atoms with Crippen LogP contribution in [0.5, 0.6) is 0 Å². The molecule has 1 heteroatoms. The van der Waals surface area contributed by atoms with Gasteiger partial charge in [-0.25, -0.2) is 0 Å². The number of alkyl halides is 1. The lowest BCUT2D eigenvalue weighted by Crippen LogP contribution is -2.05. The first-order valence-electron chi connectivity index (χ1n) is 6.38. The van der Waals surface area contributed by atoms with Crippen molar-refractivity contribution in [3.05, 3.63) is 34.9 Å². The molecule has 0 bridgehead atoms. The van der Waals surface area contributed by atoms with Crippen molar-refractivity contribution in [2.45, 2.75) is 45.4 Å². The zero-order valence-corrected chi connectivity index (χ0v) is 11.9. The summed E-state index contributed by atoms with van der Waals surface area (Å²) in [6.45, 7) is 4.62. The Labute approximate surface area is 108 Å². The summed E-state index contributed by atoms with van der Waals surface area (Å²) in [5.41, 5.74) is 4.72. The molecular formula is C15H21Br. The molecule has 0 fully saturated rings. The third-order valence-electron chi connectivity index (χ3n) is 3.54. The summed E-state index contributed by atoms with van der Waals surface area (Å²) in [7, 11) is 0. The number of fused-ring (bicyclic) bond motifs is 1. The first-order valence-corrected chi connectivity index (χ1v) is 7.50. The van der Waals surface area contributed by atoms with Crippen molar-refractivity contribution in [2.75, 3.05) is 5.33 Å². The molecule has 1 aliphatic rings. The summed E-state index contributed by atoms with van der Waals surface area (Å²) in [6.07, 6.45) is 5.21. The monoisotopic (exact) mass is 280 g/mol. The molecule has 88 valence electrons. The fraction of sp³-hybridized carbons (Fsp3) is 0.600. The molecule has 0 heterocycles. The van der Waals surface area contributed by atoms with Crippen molar-refractivity contribution in [1.82, 2.24) is 0 Å². The third kappa shape index (κ3) is 2.68. The molecule has 0 radical (unpaired) electrons. The van der Waals surface area contributed by atoms with Gasteiger partial charge in [0, 0.05) is 5.33 Å². The average Bonchev–Trinajstić information content (AvgIpc) is 2.72. The molecule has 0 N–H and O–H groups in total. The van der Waals surface area contributed by atoms with E-state index in [1.807, 2.05) is 0 Å². The Bertz CT molecular complexity index is 354. The Balaban J connectivity index is 2.18. The first kappa shape index (κ1) is 12.2. The van der Waals surface area contributed by atoms with Crippen LogP contribution in [0.3, 0.4) is 0 Å². The van der Waals surface area contributed by atoms with Gasteiger partial charge in [0.25, 0.3) is 0 Å². The summed E-state index contributed by atoms with van der Waals surface area (Å²) in [4.78, 5) is 0. The summed E-state index contributed by atoms with van der Waals surface area (Å²) in [6, 6.07) is 7.16. The smallest absolute Gasteiger partial charge is 0.0100 e. The molecule has 1 aliphatic carbocycles. The van der Waals surface area contributed by atoms with E-state index in [1.165, 1.54) is 31.2 Å². The van der Waals surface area contributed by atoms with Crippen molar-refractivity contribution >= 4 is 15.9 Å². The molecule has 0 spiro atoms. The van der Waals surface area contributed by atoms with Crippen LogP contribution in [0, 0.1) is 5.92 Å². The third-order valence-corrected chi connectivity index (χ3v) is 4.32. The van der Waals surface area contributed by atoms with Gasteiger partial charge in [-0.1, -0.05) is 48.0 Å². The van der Waals surface area contributed by atoms with E-state index in [9.17, 15) is 0 Å². The van der Waals surface area contributed by atoms with Gasteiger partial charge < -0.3 is 0 Å². The van der Waals surface area contributed by atoms with Gasteiger partial charge in [0.1, 0.15) is 0 Å². The molecule has 0 aromatic heterocycles. The van der Waals surface area contributed by atoms with E-state index in [-0.39, 0.29) is 0 Å². The van der Waals surface area contributed by atoms with E-state index in [2.05, 4.69) is 48.0 Å². The largest absolute Gasteiger partial charge is 0.0921 e. The highest BCUT2D eigenvalue weighted by Gasteiger charge is 2.16. The normalized spacial score (nSPS) is 16.5. The van der Waals surface area contributed by atoms with Crippen LogP contribution in [0.15, 0.2) is 18.2 Å². The predicted molar refractivity (Wildman–Crippen MR) is 74.5 cm³/mol.